The number of nitrogens with two attached hydrogens (primary N) is 2. The minimum absolute atomic E-state index is 0. The monoisotopic (exact) mass is 385 g/mol. The standard InChI is InChI=1S/C16H23N7.2ClH/c1-23(8-12-6-14(22-21-12)9-2-3-9)15-7-13(19-16(18)20-15)10-4-11(17)5-10;;/h6-7,9-11H,2-5,8,17H2,1H3,(H,21,22)(H2,18,19,20);2*1H. The highest BCUT2D eigenvalue weighted by Gasteiger charge is 2.29. The predicted octanol–water partition coefficient (Wildman–Crippen LogP) is 2.34. The minimum Gasteiger partial charge on any atom is -0.368 e. The van der Waals surface area contributed by atoms with Gasteiger partial charge in [0.05, 0.1) is 23.6 Å². The topological polar surface area (TPSA) is 110 Å². The maximum Gasteiger partial charge on any atom is 0.222 e. The number of rotatable bonds is 5. The fourth-order valence-electron chi connectivity index (χ4n) is 3.16. The molecule has 2 heterocycles. The quantitative estimate of drug-likeness (QED) is 0.728. The summed E-state index contributed by atoms with van der Waals surface area (Å²) in [4.78, 5) is 10.8. The Morgan fingerprint density at radius 2 is 1.84 bits per heavy atom. The summed E-state index contributed by atoms with van der Waals surface area (Å²) in [6.07, 6.45) is 4.47. The zero-order valence-corrected chi connectivity index (χ0v) is 15.8. The molecule has 0 amide bonds. The molecule has 2 fully saturated rings. The molecule has 0 aromatic carbocycles. The molecule has 5 N–H and O–H groups in total. The van der Waals surface area contributed by atoms with Crippen LogP contribution >= 0.6 is 24.8 Å². The molecule has 0 spiro atoms. The van der Waals surface area contributed by atoms with Crippen LogP contribution in [0.25, 0.3) is 0 Å². The number of hydrogen-bond donors (Lipinski definition) is 3. The van der Waals surface area contributed by atoms with E-state index in [1.807, 2.05) is 13.1 Å². The third-order valence-corrected chi connectivity index (χ3v) is 4.79. The van der Waals surface area contributed by atoms with Gasteiger partial charge in [-0.3, -0.25) is 5.10 Å². The van der Waals surface area contributed by atoms with E-state index in [0.29, 0.717) is 23.8 Å². The second-order valence-electron chi connectivity index (χ2n) is 6.89. The maximum atomic E-state index is 5.89. The first-order valence-electron chi connectivity index (χ1n) is 8.24. The number of nitrogens with zero attached hydrogens (tertiary/aromatic N) is 4. The van der Waals surface area contributed by atoms with E-state index in [0.717, 1.165) is 36.6 Å². The van der Waals surface area contributed by atoms with Crippen molar-refractivity contribution < 1.29 is 0 Å². The summed E-state index contributed by atoms with van der Waals surface area (Å²) in [5.74, 6) is 2.24. The maximum absolute atomic E-state index is 5.89. The summed E-state index contributed by atoms with van der Waals surface area (Å²) in [5.41, 5.74) is 15.1. The van der Waals surface area contributed by atoms with Crippen molar-refractivity contribution in [2.75, 3.05) is 17.7 Å². The average molecular weight is 386 g/mol. The average Bonchev–Trinajstić information content (AvgIpc) is 3.24. The molecule has 9 heteroatoms. The molecule has 4 rings (SSSR count). The van der Waals surface area contributed by atoms with Gasteiger partial charge in [0.25, 0.3) is 0 Å². The first kappa shape index (κ1) is 19.8. The number of aromatic nitrogens is 4. The van der Waals surface area contributed by atoms with Gasteiger partial charge in [0.2, 0.25) is 5.95 Å². The Labute approximate surface area is 159 Å². The number of anilines is 2. The predicted molar refractivity (Wildman–Crippen MR) is 104 cm³/mol. The van der Waals surface area contributed by atoms with Gasteiger partial charge in [-0.1, -0.05) is 0 Å². The third kappa shape index (κ3) is 4.34. The lowest BCUT2D eigenvalue weighted by atomic mass is 9.78. The van der Waals surface area contributed by atoms with Crippen molar-refractivity contribution in [3.8, 4) is 0 Å². The van der Waals surface area contributed by atoms with Gasteiger partial charge < -0.3 is 16.4 Å². The van der Waals surface area contributed by atoms with Crippen LogP contribution in [0.4, 0.5) is 11.8 Å². The molecule has 2 aliphatic carbocycles. The van der Waals surface area contributed by atoms with Crippen LogP contribution in [0.5, 0.6) is 0 Å². The molecule has 0 radical (unpaired) electrons. The number of halogens is 2. The van der Waals surface area contributed by atoms with Gasteiger partial charge in [0, 0.05) is 31.0 Å². The molecule has 0 bridgehead atoms. The number of nitrogens with one attached hydrogen (secondary N) is 1. The molecule has 0 unspecified atom stereocenters. The zero-order valence-electron chi connectivity index (χ0n) is 14.2. The molecule has 2 saturated carbocycles. The third-order valence-electron chi connectivity index (χ3n) is 4.79. The van der Waals surface area contributed by atoms with Crippen molar-refractivity contribution in [2.24, 2.45) is 5.73 Å². The van der Waals surface area contributed by atoms with Crippen LogP contribution in [0.15, 0.2) is 12.1 Å². The number of aromatic amines is 1. The molecule has 2 aromatic heterocycles. The van der Waals surface area contributed by atoms with Crippen LogP contribution in [0.3, 0.4) is 0 Å². The van der Waals surface area contributed by atoms with Gasteiger partial charge in [0.1, 0.15) is 5.82 Å². The Morgan fingerprint density at radius 1 is 1.12 bits per heavy atom. The Balaban J connectivity index is 0.00000113. The number of H-pyrrole nitrogens is 1. The molecule has 7 nitrogen and oxygen atoms in total. The summed E-state index contributed by atoms with van der Waals surface area (Å²) in [6, 6.07) is 4.48. The highest BCUT2D eigenvalue weighted by Crippen LogP contribution is 2.39. The molecular weight excluding hydrogens is 361 g/mol. The lowest BCUT2D eigenvalue weighted by Gasteiger charge is -2.32. The molecule has 2 aromatic rings. The Bertz CT molecular complexity index is 710. The second-order valence-corrected chi connectivity index (χ2v) is 6.89. The van der Waals surface area contributed by atoms with E-state index in [-0.39, 0.29) is 24.8 Å². The summed E-state index contributed by atoms with van der Waals surface area (Å²) in [7, 11) is 2.01. The van der Waals surface area contributed by atoms with Crippen LogP contribution in [0, 0.1) is 0 Å². The van der Waals surface area contributed by atoms with Crippen molar-refractivity contribution in [1.29, 1.82) is 0 Å². The van der Waals surface area contributed by atoms with E-state index in [2.05, 4.69) is 31.1 Å². The van der Waals surface area contributed by atoms with Crippen molar-refractivity contribution in [2.45, 2.75) is 50.1 Å². The van der Waals surface area contributed by atoms with E-state index < -0.39 is 0 Å². The van der Waals surface area contributed by atoms with Gasteiger partial charge in [-0.25, -0.2) is 4.98 Å². The largest absolute Gasteiger partial charge is 0.368 e. The Kier molecular flexibility index (Phi) is 6.13. The van der Waals surface area contributed by atoms with Gasteiger partial charge in [-0.2, -0.15) is 10.1 Å². The molecule has 0 saturated heterocycles. The van der Waals surface area contributed by atoms with E-state index in [9.17, 15) is 0 Å². The van der Waals surface area contributed by atoms with Gasteiger partial charge in [-0.05, 0) is 31.7 Å². The van der Waals surface area contributed by atoms with E-state index in [1.54, 1.807) is 0 Å². The SMILES string of the molecule is CN(Cc1cc(C2CC2)n[nH]1)c1cc(C2CC(N)C2)nc(N)n1.Cl.Cl. The van der Waals surface area contributed by atoms with E-state index in [4.69, 9.17) is 11.5 Å². The highest BCUT2D eigenvalue weighted by molar-refractivity contribution is 5.85. The summed E-state index contributed by atoms with van der Waals surface area (Å²) < 4.78 is 0. The fourth-order valence-corrected chi connectivity index (χ4v) is 3.16. The lowest BCUT2D eigenvalue weighted by Crippen LogP contribution is -2.35. The van der Waals surface area contributed by atoms with Crippen LogP contribution in [0.1, 0.15) is 54.6 Å². The first-order chi connectivity index (χ1) is 11.1. The van der Waals surface area contributed by atoms with Crippen LogP contribution in [-0.2, 0) is 6.54 Å². The summed E-state index contributed by atoms with van der Waals surface area (Å²) in [5, 5.41) is 7.52. The second kappa shape index (κ2) is 7.76. The number of hydrogen-bond acceptors (Lipinski definition) is 6. The normalized spacial score (nSPS) is 21.7. The Morgan fingerprint density at radius 3 is 2.48 bits per heavy atom. The van der Waals surface area contributed by atoms with Crippen LogP contribution in [-0.4, -0.2) is 33.3 Å². The summed E-state index contributed by atoms with van der Waals surface area (Å²) in [6.45, 7) is 0.722. The van der Waals surface area contributed by atoms with E-state index in [1.165, 1.54) is 18.5 Å². The van der Waals surface area contributed by atoms with E-state index >= 15 is 0 Å². The molecule has 25 heavy (non-hydrogen) atoms. The molecule has 0 atom stereocenters. The lowest BCUT2D eigenvalue weighted by molar-refractivity contribution is 0.345. The summed E-state index contributed by atoms with van der Waals surface area (Å²) >= 11 is 0. The fraction of sp³-hybridized carbons (Fsp3) is 0.562. The minimum atomic E-state index is 0. The number of nitrogen functional groups attached to an aromatic ring is 1. The van der Waals surface area contributed by atoms with Crippen molar-refractivity contribution >= 4 is 36.6 Å². The molecule has 138 valence electrons. The molecular formula is C16H25Cl2N7. The first-order valence-corrected chi connectivity index (χ1v) is 8.24. The Hall–Kier alpha value is -1.57. The van der Waals surface area contributed by atoms with Crippen molar-refractivity contribution in [3.05, 3.63) is 29.2 Å². The zero-order chi connectivity index (χ0) is 16.0. The van der Waals surface area contributed by atoms with Gasteiger partial charge in [0.15, 0.2) is 0 Å². The van der Waals surface area contributed by atoms with Crippen LogP contribution < -0.4 is 16.4 Å². The molecule has 0 aliphatic heterocycles. The smallest absolute Gasteiger partial charge is 0.222 e. The van der Waals surface area contributed by atoms with Gasteiger partial charge >= 0.3 is 0 Å². The van der Waals surface area contributed by atoms with Gasteiger partial charge in [-0.15, -0.1) is 24.8 Å². The van der Waals surface area contributed by atoms with Crippen molar-refractivity contribution in [1.82, 2.24) is 20.2 Å². The highest BCUT2D eigenvalue weighted by atomic mass is 35.5. The van der Waals surface area contributed by atoms with Crippen LogP contribution in [0.2, 0.25) is 0 Å². The van der Waals surface area contributed by atoms with Crippen molar-refractivity contribution in [3.63, 3.8) is 0 Å². The molecule has 2 aliphatic rings.